The number of nitrogens with one attached hydrogen (secondary N) is 1. The second kappa shape index (κ2) is 5.58. The van der Waals surface area contributed by atoms with Gasteiger partial charge in [-0.1, -0.05) is 25.1 Å². The Kier molecular flexibility index (Phi) is 4.10. The van der Waals surface area contributed by atoms with Gasteiger partial charge in [-0.05, 0) is 20.3 Å². The molecular weight excluding hydrogens is 234 g/mol. The number of hydrogen-bond donors (Lipinski definition) is 1. The van der Waals surface area contributed by atoms with Crippen molar-refractivity contribution in [2.75, 3.05) is 6.54 Å². The molecule has 94 valence electrons. The van der Waals surface area contributed by atoms with Gasteiger partial charge in [0, 0.05) is 5.25 Å². The van der Waals surface area contributed by atoms with E-state index >= 15 is 0 Å². The molecule has 0 fully saturated rings. The summed E-state index contributed by atoms with van der Waals surface area (Å²) in [6.07, 6.45) is 4.19. The third-order valence-corrected chi connectivity index (χ3v) is 3.87. The topological polar surface area (TPSA) is 50.4 Å². The van der Waals surface area contributed by atoms with Crippen molar-refractivity contribution in [1.82, 2.24) is 10.3 Å². The van der Waals surface area contributed by atoms with Crippen molar-refractivity contribution in [3.63, 3.8) is 0 Å². The Morgan fingerprint density at radius 2 is 2.47 bits per heavy atom. The number of amidine groups is 1. The van der Waals surface area contributed by atoms with E-state index in [0.29, 0.717) is 5.25 Å². The van der Waals surface area contributed by atoms with Crippen molar-refractivity contribution < 1.29 is 4.42 Å². The van der Waals surface area contributed by atoms with Gasteiger partial charge in [0.05, 0.1) is 12.7 Å². The summed E-state index contributed by atoms with van der Waals surface area (Å²) in [4.78, 5) is 8.73. The first-order valence-electron chi connectivity index (χ1n) is 6.09. The zero-order valence-electron chi connectivity index (χ0n) is 10.6. The molecule has 2 unspecified atom stereocenters. The fraction of sp³-hybridized carbons (Fsp3) is 0.667. The number of thioether (sulfide) groups is 1. The van der Waals surface area contributed by atoms with E-state index in [-0.39, 0.29) is 6.04 Å². The number of hydrogen-bond acceptors (Lipinski definition) is 5. The van der Waals surface area contributed by atoms with Gasteiger partial charge in [0.15, 0.2) is 5.17 Å². The molecule has 17 heavy (non-hydrogen) atoms. The summed E-state index contributed by atoms with van der Waals surface area (Å²) < 4.78 is 5.49. The van der Waals surface area contributed by atoms with E-state index in [1.54, 1.807) is 6.20 Å². The first-order chi connectivity index (χ1) is 8.19. The Morgan fingerprint density at radius 3 is 3.12 bits per heavy atom. The summed E-state index contributed by atoms with van der Waals surface area (Å²) in [5.74, 6) is 1.57. The first-order valence-corrected chi connectivity index (χ1v) is 6.97. The first kappa shape index (κ1) is 12.5. The molecular formula is C12H19N3OS. The van der Waals surface area contributed by atoms with Crippen LogP contribution in [0.25, 0.3) is 0 Å². The number of oxazole rings is 1. The molecule has 2 heterocycles. The molecule has 1 aromatic heterocycles. The SMILES string of the molecule is CCCC1CN=C(NC(C)c2ncc(C)o2)S1. The minimum absolute atomic E-state index is 0.0790. The Balaban J connectivity index is 1.86. The van der Waals surface area contributed by atoms with Crippen LogP contribution in [0.5, 0.6) is 0 Å². The van der Waals surface area contributed by atoms with Crippen molar-refractivity contribution in [1.29, 1.82) is 0 Å². The maximum Gasteiger partial charge on any atom is 0.216 e. The largest absolute Gasteiger partial charge is 0.444 e. The highest BCUT2D eigenvalue weighted by molar-refractivity contribution is 8.14. The van der Waals surface area contributed by atoms with E-state index in [0.717, 1.165) is 23.4 Å². The van der Waals surface area contributed by atoms with E-state index in [9.17, 15) is 0 Å². The van der Waals surface area contributed by atoms with Gasteiger partial charge in [0.1, 0.15) is 11.8 Å². The standard InChI is InChI=1S/C12H19N3OS/c1-4-5-10-7-14-12(17-10)15-9(3)11-13-6-8(2)16-11/h6,9-10H,4-5,7H2,1-3H3,(H,14,15). The second-order valence-electron chi connectivity index (χ2n) is 4.35. The molecule has 0 bridgehead atoms. The van der Waals surface area contributed by atoms with Crippen molar-refractivity contribution in [3.8, 4) is 0 Å². The van der Waals surface area contributed by atoms with Gasteiger partial charge in [0.25, 0.3) is 0 Å². The third kappa shape index (κ3) is 3.25. The Hall–Kier alpha value is -0.970. The van der Waals surface area contributed by atoms with E-state index in [1.165, 1.54) is 12.8 Å². The summed E-state index contributed by atoms with van der Waals surface area (Å²) in [6.45, 7) is 7.09. The van der Waals surface area contributed by atoms with Crippen molar-refractivity contribution in [3.05, 3.63) is 17.8 Å². The van der Waals surface area contributed by atoms with Gasteiger partial charge in [-0.2, -0.15) is 0 Å². The van der Waals surface area contributed by atoms with Crippen LogP contribution in [0.4, 0.5) is 0 Å². The highest BCUT2D eigenvalue weighted by Crippen LogP contribution is 2.25. The second-order valence-corrected chi connectivity index (χ2v) is 5.64. The fourth-order valence-electron chi connectivity index (χ4n) is 1.79. The van der Waals surface area contributed by atoms with Gasteiger partial charge in [-0.3, -0.25) is 4.99 Å². The predicted molar refractivity (Wildman–Crippen MR) is 71.4 cm³/mol. The lowest BCUT2D eigenvalue weighted by molar-refractivity contribution is 0.430. The molecule has 0 saturated carbocycles. The van der Waals surface area contributed by atoms with Crippen molar-refractivity contribution in [2.24, 2.45) is 4.99 Å². The van der Waals surface area contributed by atoms with E-state index in [4.69, 9.17) is 4.42 Å². The summed E-state index contributed by atoms with van der Waals surface area (Å²) in [6, 6.07) is 0.0790. The maximum atomic E-state index is 5.49. The molecule has 0 aromatic carbocycles. The smallest absolute Gasteiger partial charge is 0.216 e. The molecule has 0 radical (unpaired) electrons. The molecule has 0 aliphatic carbocycles. The van der Waals surface area contributed by atoms with Crippen molar-refractivity contribution >= 4 is 16.9 Å². The van der Waals surface area contributed by atoms with Crippen LogP contribution in [-0.4, -0.2) is 21.9 Å². The van der Waals surface area contributed by atoms with Crippen LogP contribution in [0.2, 0.25) is 0 Å². The lowest BCUT2D eigenvalue weighted by atomic mass is 10.2. The number of aromatic nitrogens is 1. The Bertz CT molecular complexity index is 402. The van der Waals surface area contributed by atoms with Crippen LogP contribution in [0.1, 0.15) is 44.4 Å². The summed E-state index contributed by atoms with van der Waals surface area (Å²) >= 11 is 1.83. The summed E-state index contributed by atoms with van der Waals surface area (Å²) in [5, 5.41) is 5.01. The number of rotatable bonds is 4. The zero-order chi connectivity index (χ0) is 12.3. The molecule has 5 heteroatoms. The average Bonchev–Trinajstić information content (AvgIpc) is 2.88. The molecule has 0 saturated heterocycles. The van der Waals surface area contributed by atoms with E-state index in [1.807, 2.05) is 25.6 Å². The Labute approximate surface area is 106 Å². The molecule has 0 spiro atoms. The molecule has 1 N–H and O–H groups in total. The van der Waals surface area contributed by atoms with Crippen LogP contribution in [0, 0.1) is 6.92 Å². The molecule has 2 atom stereocenters. The number of aryl methyl sites for hydroxylation is 1. The molecule has 4 nitrogen and oxygen atoms in total. The Morgan fingerprint density at radius 1 is 1.65 bits per heavy atom. The predicted octanol–water partition coefficient (Wildman–Crippen LogP) is 2.91. The van der Waals surface area contributed by atoms with Gasteiger partial charge in [-0.25, -0.2) is 4.98 Å². The quantitative estimate of drug-likeness (QED) is 0.896. The zero-order valence-corrected chi connectivity index (χ0v) is 11.4. The van der Waals surface area contributed by atoms with Crippen LogP contribution >= 0.6 is 11.8 Å². The van der Waals surface area contributed by atoms with Gasteiger partial charge in [0.2, 0.25) is 5.89 Å². The fourth-order valence-corrected chi connectivity index (χ4v) is 3.00. The van der Waals surface area contributed by atoms with E-state index < -0.39 is 0 Å². The van der Waals surface area contributed by atoms with Crippen LogP contribution in [-0.2, 0) is 0 Å². The monoisotopic (exact) mass is 253 g/mol. The third-order valence-electron chi connectivity index (χ3n) is 2.68. The molecule has 1 aliphatic heterocycles. The van der Waals surface area contributed by atoms with E-state index in [2.05, 4.69) is 22.2 Å². The number of aliphatic imine (C=N–C) groups is 1. The molecule has 0 amide bonds. The van der Waals surface area contributed by atoms with Crippen molar-refractivity contribution in [2.45, 2.75) is 44.9 Å². The van der Waals surface area contributed by atoms with Crippen LogP contribution < -0.4 is 5.32 Å². The van der Waals surface area contributed by atoms with Crippen LogP contribution in [0.15, 0.2) is 15.6 Å². The highest BCUT2D eigenvalue weighted by atomic mass is 32.2. The summed E-state index contributed by atoms with van der Waals surface area (Å²) in [5.41, 5.74) is 0. The molecule has 1 aliphatic rings. The number of nitrogens with zero attached hydrogens (tertiary/aromatic N) is 2. The lowest BCUT2D eigenvalue weighted by Crippen LogP contribution is -2.23. The highest BCUT2D eigenvalue weighted by Gasteiger charge is 2.21. The summed E-state index contributed by atoms with van der Waals surface area (Å²) in [7, 11) is 0. The molecule has 2 rings (SSSR count). The normalized spacial score (nSPS) is 21.4. The minimum Gasteiger partial charge on any atom is -0.444 e. The van der Waals surface area contributed by atoms with Crippen LogP contribution in [0.3, 0.4) is 0 Å². The van der Waals surface area contributed by atoms with Gasteiger partial charge < -0.3 is 9.73 Å². The lowest BCUT2D eigenvalue weighted by Gasteiger charge is -2.12. The average molecular weight is 253 g/mol. The van der Waals surface area contributed by atoms with Gasteiger partial charge >= 0.3 is 0 Å². The molecule has 1 aromatic rings. The van der Waals surface area contributed by atoms with Gasteiger partial charge in [-0.15, -0.1) is 0 Å². The minimum atomic E-state index is 0.0790. The maximum absolute atomic E-state index is 5.49.